The SMILES string of the molecule is c1ccc(CNCc2nc(-c3ccc(-c4ccccc4)cc3)c[nH]2)cc1. The first-order chi connectivity index (χ1) is 12.9. The van der Waals surface area contributed by atoms with Crippen LogP contribution in [0.25, 0.3) is 22.4 Å². The van der Waals surface area contributed by atoms with Crippen LogP contribution in [0.4, 0.5) is 0 Å². The summed E-state index contributed by atoms with van der Waals surface area (Å²) in [7, 11) is 0. The van der Waals surface area contributed by atoms with Gasteiger partial charge in [0.1, 0.15) is 5.82 Å². The second-order valence-corrected chi connectivity index (χ2v) is 6.26. The first kappa shape index (κ1) is 16.3. The molecule has 3 nitrogen and oxygen atoms in total. The molecular weight excluding hydrogens is 318 g/mol. The van der Waals surface area contributed by atoms with Crippen molar-refractivity contribution in [3.63, 3.8) is 0 Å². The summed E-state index contributed by atoms with van der Waals surface area (Å²) in [4.78, 5) is 7.96. The van der Waals surface area contributed by atoms with E-state index in [2.05, 4.69) is 83.1 Å². The maximum absolute atomic E-state index is 4.70. The number of aromatic amines is 1. The van der Waals surface area contributed by atoms with Gasteiger partial charge in [0.05, 0.1) is 12.2 Å². The van der Waals surface area contributed by atoms with Gasteiger partial charge < -0.3 is 10.3 Å². The molecule has 3 heteroatoms. The molecule has 0 atom stereocenters. The van der Waals surface area contributed by atoms with Gasteiger partial charge in [-0.2, -0.15) is 0 Å². The molecule has 0 spiro atoms. The van der Waals surface area contributed by atoms with Gasteiger partial charge >= 0.3 is 0 Å². The van der Waals surface area contributed by atoms with E-state index < -0.39 is 0 Å². The Balaban J connectivity index is 1.39. The van der Waals surface area contributed by atoms with Crippen LogP contribution in [0.5, 0.6) is 0 Å². The van der Waals surface area contributed by atoms with Crippen LogP contribution in [-0.2, 0) is 13.1 Å². The van der Waals surface area contributed by atoms with Gasteiger partial charge in [0.25, 0.3) is 0 Å². The number of benzene rings is 3. The highest BCUT2D eigenvalue weighted by Gasteiger charge is 2.05. The van der Waals surface area contributed by atoms with Crippen LogP contribution in [0.3, 0.4) is 0 Å². The van der Waals surface area contributed by atoms with Gasteiger partial charge in [-0.3, -0.25) is 0 Å². The lowest BCUT2D eigenvalue weighted by molar-refractivity contribution is 0.669. The van der Waals surface area contributed by atoms with Gasteiger partial charge in [-0.25, -0.2) is 4.98 Å². The molecule has 0 saturated heterocycles. The average molecular weight is 339 g/mol. The molecule has 3 aromatic carbocycles. The van der Waals surface area contributed by atoms with Crippen LogP contribution in [0, 0.1) is 0 Å². The minimum absolute atomic E-state index is 0.719. The lowest BCUT2D eigenvalue weighted by Gasteiger charge is -2.03. The minimum atomic E-state index is 0.719. The number of imidazole rings is 1. The smallest absolute Gasteiger partial charge is 0.120 e. The summed E-state index contributed by atoms with van der Waals surface area (Å²) in [6.07, 6.45) is 1.97. The van der Waals surface area contributed by atoms with Crippen LogP contribution in [0.2, 0.25) is 0 Å². The summed E-state index contributed by atoms with van der Waals surface area (Å²) in [6, 6.07) is 29.3. The number of nitrogens with zero attached hydrogens (tertiary/aromatic N) is 1. The van der Waals surface area contributed by atoms with Crippen molar-refractivity contribution >= 4 is 0 Å². The lowest BCUT2D eigenvalue weighted by Crippen LogP contribution is -2.13. The largest absolute Gasteiger partial charge is 0.347 e. The maximum Gasteiger partial charge on any atom is 0.120 e. The Kier molecular flexibility index (Phi) is 4.90. The minimum Gasteiger partial charge on any atom is -0.347 e. The predicted octanol–water partition coefficient (Wildman–Crippen LogP) is 5.03. The molecule has 0 amide bonds. The van der Waals surface area contributed by atoms with E-state index in [0.717, 1.165) is 30.2 Å². The van der Waals surface area contributed by atoms with Crippen molar-refractivity contribution in [3.8, 4) is 22.4 Å². The highest BCUT2D eigenvalue weighted by molar-refractivity contribution is 5.68. The van der Waals surface area contributed by atoms with Crippen LogP contribution in [0.1, 0.15) is 11.4 Å². The fourth-order valence-electron chi connectivity index (χ4n) is 2.99. The monoisotopic (exact) mass is 339 g/mol. The zero-order valence-corrected chi connectivity index (χ0v) is 14.5. The third kappa shape index (κ3) is 3.90. The van der Waals surface area contributed by atoms with Gasteiger partial charge in [-0.15, -0.1) is 0 Å². The average Bonchev–Trinajstić information content (AvgIpc) is 3.19. The van der Waals surface area contributed by atoms with Crippen LogP contribution in [0.15, 0.2) is 91.1 Å². The van der Waals surface area contributed by atoms with Gasteiger partial charge in [-0.1, -0.05) is 84.9 Å². The van der Waals surface area contributed by atoms with E-state index in [1.165, 1.54) is 16.7 Å². The number of H-pyrrole nitrogens is 1. The molecule has 2 N–H and O–H groups in total. The van der Waals surface area contributed by atoms with E-state index in [1.54, 1.807) is 0 Å². The van der Waals surface area contributed by atoms with E-state index in [0.29, 0.717) is 0 Å². The summed E-state index contributed by atoms with van der Waals surface area (Å²) < 4.78 is 0. The molecule has 0 aliphatic carbocycles. The van der Waals surface area contributed by atoms with E-state index in [-0.39, 0.29) is 0 Å². The van der Waals surface area contributed by atoms with Crippen LogP contribution < -0.4 is 5.32 Å². The summed E-state index contributed by atoms with van der Waals surface area (Å²) in [6.45, 7) is 1.56. The quantitative estimate of drug-likeness (QED) is 0.517. The third-order valence-corrected chi connectivity index (χ3v) is 4.38. The highest BCUT2D eigenvalue weighted by Crippen LogP contribution is 2.23. The Morgan fingerprint density at radius 2 is 1.27 bits per heavy atom. The van der Waals surface area contributed by atoms with Crippen molar-refractivity contribution in [1.29, 1.82) is 0 Å². The standard InChI is InChI=1S/C23H21N3/c1-3-7-18(8-4-1)15-24-17-23-25-16-22(26-23)21-13-11-20(12-14-21)19-9-5-2-6-10-19/h1-14,16,24H,15,17H2,(H,25,26). The zero-order chi connectivity index (χ0) is 17.6. The van der Waals surface area contributed by atoms with E-state index in [9.17, 15) is 0 Å². The van der Waals surface area contributed by atoms with Crippen molar-refractivity contribution in [3.05, 3.63) is 103 Å². The number of hydrogen-bond donors (Lipinski definition) is 2. The highest BCUT2D eigenvalue weighted by atomic mass is 15.0. The predicted molar refractivity (Wildman–Crippen MR) is 106 cm³/mol. The van der Waals surface area contributed by atoms with Gasteiger partial charge in [0.2, 0.25) is 0 Å². The van der Waals surface area contributed by atoms with Crippen molar-refractivity contribution in [2.45, 2.75) is 13.1 Å². The van der Waals surface area contributed by atoms with Gasteiger partial charge in [-0.05, 0) is 16.7 Å². The van der Waals surface area contributed by atoms with Crippen molar-refractivity contribution < 1.29 is 0 Å². The van der Waals surface area contributed by atoms with Gasteiger partial charge in [0, 0.05) is 18.3 Å². The zero-order valence-electron chi connectivity index (χ0n) is 14.5. The Morgan fingerprint density at radius 3 is 2.00 bits per heavy atom. The van der Waals surface area contributed by atoms with Crippen molar-refractivity contribution in [2.24, 2.45) is 0 Å². The summed E-state index contributed by atoms with van der Waals surface area (Å²) in [5.74, 6) is 0.947. The Labute approximate surface area is 153 Å². The second kappa shape index (κ2) is 7.81. The molecule has 1 aromatic heterocycles. The fraction of sp³-hybridized carbons (Fsp3) is 0.0870. The third-order valence-electron chi connectivity index (χ3n) is 4.38. The Morgan fingerprint density at radius 1 is 0.654 bits per heavy atom. The molecular formula is C23H21N3. The summed E-state index contributed by atoms with van der Waals surface area (Å²) in [5, 5.41) is 3.42. The lowest BCUT2D eigenvalue weighted by atomic mass is 10.0. The van der Waals surface area contributed by atoms with Crippen LogP contribution in [-0.4, -0.2) is 9.97 Å². The normalized spacial score (nSPS) is 10.8. The number of nitrogens with one attached hydrogen (secondary N) is 2. The molecule has 4 aromatic rings. The van der Waals surface area contributed by atoms with Crippen LogP contribution >= 0.6 is 0 Å². The second-order valence-electron chi connectivity index (χ2n) is 6.26. The molecule has 4 rings (SSSR count). The Hall–Kier alpha value is -3.17. The van der Waals surface area contributed by atoms with E-state index in [1.807, 2.05) is 18.3 Å². The fourth-order valence-corrected chi connectivity index (χ4v) is 2.99. The summed E-state index contributed by atoms with van der Waals surface area (Å²) >= 11 is 0. The molecule has 26 heavy (non-hydrogen) atoms. The van der Waals surface area contributed by atoms with Gasteiger partial charge in [0.15, 0.2) is 0 Å². The van der Waals surface area contributed by atoms with E-state index >= 15 is 0 Å². The molecule has 0 bridgehead atoms. The molecule has 0 aliphatic heterocycles. The molecule has 0 aliphatic rings. The molecule has 0 radical (unpaired) electrons. The van der Waals surface area contributed by atoms with Crippen molar-refractivity contribution in [1.82, 2.24) is 15.3 Å². The number of rotatable bonds is 6. The topological polar surface area (TPSA) is 40.7 Å². The van der Waals surface area contributed by atoms with E-state index in [4.69, 9.17) is 4.98 Å². The summed E-state index contributed by atoms with van der Waals surface area (Å²) in [5.41, 5.74) is 5.81. The first-order valence-electron chi connectivity index (χ1n) is 8.83. The molecule has 1 heterocycles. The number of aromatic nitrogens is 2. The number of hydrogen-bond acceptors (Lipinski definition) is 2. The Bertz CT molecular complexity index is 942. The molecule has 0 saturated carbocycles. The van der Waals surface area contributed by atoms with Crippen molar-refractivity contribution in [2.75, 3.05) is 0 Å². The molecule has 0 unspecified atom stereocenters. The molecule has 128 valence electrons. The maximum atomic E-state index is 4.70. The molecule has 0 fully saturated rings. The first-order valence-corrected chi connectivity index (χ1v) is 8.83.